The van der Waals surface area contributed by atoms with Gasteiger partial charge in [0.05, 0.1) is 13.2 Å². The van der Waals surface area contributed by atoms with Crippen LogP contribution in [0.15, 0.2) is 66.7 Å². The van der Waals surface area contributed by atoms with E-state index in [0.717, 1.165) is 28.6 Å². The van der Waals surface area contributed by atoms with Crippen LogP contribution in [-0.4, -0.2) is 39.1 Å². The molecule has 0 radical (unpaired) electrons. The van der Waals surface area contributed by atoms with Crippen LogP contribution >= 0.6 is 0 Å². The van der Waals surface area contributed by atoms with Crippen LogP contribution in [0.1, 0.15) is 21.6 Å². The Hall–Kier alpha value is -3.78. The Balaban J connectivity index is 1.52. The molecule has 0 N–H and O–H groups in total. The third-order valence-electron chi connectivity index (χ3n) is 7.01. The van der Waals surface area contributed by atoms with Gasteiger partial charge in [-0.25, -0.2) is 0 Å². The molecule has 7 rings (SSSR count). The molecule has 0 spiro atoms. The number of nitrogens with zero attached hydrogens (tertiary/aromatic N) is 2. The van der Waals surface area contributed by atoms with Gasteiger partial charge in [-0.1, -0.05) is 30.3 Å². The second kappa shape index (κ2) is 6.87. The molecule has 1 aliphatic carbocycles. The van der Waals surface area contributed by atoms with Gasteiger partial charge in [0.25, 0.3) is 0 Å². The first-order valence-electron chi connectivity index (χ1n) is 11.4. The van der Waals surface area contributed by atoms with E-state index in [0.29, 0.717) is 40.6 Å². The average molecular weight is 456 g/mol. The van der Waals surface area contributed by atoms with Crippen LogP contribution in [-0.2, 0) is 9.39 Å². The minimum Gasteiger partial charge on any atom is -0.598 e. The molecular weight excluding hydrogens is 437 g/mol. The number of ether oxygens (including phenoxy) is 1. The number of carbonyl (C=O) groups excluding carboxylic acids is 1. The highest BCUT2D eigenvalue weighted by Crippen LogP contribution is 2.45. The van der Waals surface area contributed by atoms with Crippen molar-refractivity contribution >= 4 is 51.5 Å². The zero-order valence-corrected chi connectivity index (χ0v) is 18.1. The van der Waals surface area contributed by atoms with Crippen molar-refractivity contribution in [3.63, 3.8) is 0 Å². The molecule has 1 fully saturated rings. The molecule has 0 amide bonds. The number of anilines is 1. The summed E-state index contributed by atoms with van der Waals surface area (Å²) in [5, 5.41) is 2.17. The molecule has 2 aliphatic heterocycles. The number of para-hydroxylation sites is 1. The fourth-order valence-corrected chi connectivity index (χ4v) is 5.53. The number of fused-ring (bicyclic) bond motifs is 5. The first-order valence-corrected chi connectivity index (χ1v) is 11.4. The van der Waals surface area contributed by atoms with E-state index >= 15 is 8.63 Å². The number of ketones is 1. The molecule has 3 aliphatic rings. The van der Waals surface area contributed by atoms with Crippen LogP contribution in [0, 0.1) is 0 Å². The van der Waals surface area contributed by atoms with Crippen molar-refractivity contribution in [3.8, 4) is 0 Å². The molecule has 5 nitrogen and oxygen atoms in total. The summed E-state index contributed by atoms with van der Waals surface area (Å²) in [6.45, 7) is 2.71. The van der Waals surface area contributed by atoms with Crippen molar-refractivity contribution in [1.29, 1.82) is 0 Å². The smallest absolute Gasteiger partial charge is 0.598 e. The summed E-state index contributed by atoms with van der Waals surface area (Å²) in [7, 11) is -4.45. The Bertz CT molecular complexity index is 1580. The zero-order valence-electron chi connectivity index (χ0n) is 18.1. The third-order valence-corrected chi connectivity index (χ3v) is 7.01. The van der Waals surface area contributed by atoms with Gasteiger partial charge in [0.1, 0.15) is 11.3 Å². The van der Waals surface area contributed by atoms with Gasteiger partial charge in [-0.05, 0) is 24.3 Å². The van der Waals surface area contributed by atoms with Gasteiger partial charge in [0, 0.05) is 58.2 Å². The van der Waals surface area contributed by atoms with Gasteiger partial charge in [-0.3, -0.25) is 4.79 Å². The molecular formula is C26H19BF2N2O3. The van der Waals surface area contributed by atoms with E-state index in [1.165, 1.54) is 0 Å². The highest BCUT2D eigenvalue weighted by atomic mass is 19.3. The summed E-state index contributed by atoms with van der Waals surface area (Å²) < 4.78 is 43.0. The number of morpholine rings is 1. The van der Waals surface area contributed by atoms with Gasteiger partial charge in [0.15, 0.2) is 11.2 Å². The molecule has 0 atom stereocenters. The minimum atomic E-state index is -4.45. The van der Waals surface area contributed by atoms with E-state index in [4.69, 9.17) is 9.39 Å². The minimum absolute atomic E-state index is 0.0393. The van der Waals surface area contributed by atoms with Gasteiger partial charge < -0.3 is 27.4 Å². The Morgan fingerprint density at radius 3 is 2.56 bits per heavy atom. The number of Topliss-reactive ketones (excluding diaryl/α,β-unsaturated/α-hetero) is 1. The summed E-state index contributed by atoms with van der Waals surface area (Å²) in [5.74, 6) is -0.343. The van der Waals surface area contributed by atoms with Crippen molar-refractivity contribution < 1.29 is 27.3 Å². The number of halogens is 2. The maximum absolute atomic E-state index is 15.6. The fraction of sp³-hybridized carbons (Fsp3) is 0.154. The van der Waals surface area contributed by atoms with Gasteiger partial charge in [-0.15, -0.1) is 0 Å². The number of allylic oxidation sites excluding steroid dienone is 1. The molecule has 1 saturated heterocycles. The summed E-state index contributed by atoms with van der Waals surface area (Å²) in [4.78, 5) is 16.0. The third kappa shape index (κ3) is 2.57. The lowest BCUT2D eigenvalue weighted by molar-refractivity contribution is -0.556. The number of benzene rings is 3. The van der Waals surface area contributed by atoms with Crippen LogP contribution in [0.3, 0.4) is 0 Å². The molecule has 0 bridgehead atoms. The average Bonchev–Trinajstić information content (AvgIpc) is 2.86. The molecule has 0 unspecified atom stereocenters. The van der Waals surface area contributed by atoms with Crippen molar-refractivity contribution in [3.05, 3.63) is 83.6 Å². The first-order chi connectivity index (χ1) is 16.5. The normalized spacial score (nSPS) is 18.6. The van der Waals surface area contributed by atoms with Crippen LogP contribution in [0.5, 0.6) is 0 Å². The number of pyridine rings is 1. The summed E-state index contributed by atoms with van der Waals surface area (Å²) in [6, 6.07) is 19.6. The number of hydrogen-bond donors (Lipinski definition) is 0. The predicted octanol–water partition coefficient (Wildman–Crippen LogP) is 4.43. The lowest BCUT2D eigenvalue weighted by atomic mass is 9.81. The van der Waals surface area contributed by atoms with Crippen LogP contribution in [0.4, 0.5) is 14.3 Å². The molecule has 4 aromatic rings. The topological polar surface area (TPSA) is 42.7 Å². The van der Waals surface area contributed by atoms with Gasteiger partial charge in [-0.2, -0.15) is 0 Å². The molecule has 8 heteroatoms. The molecule has 34 heavy (non-hydrogen) atoms. The lowest BCUT2D eigenvalue weighted by Crippen LogP contribution is -2.65. The Labute approximate surface area is 193 Å². The second-order valence-corrected chi connectivity index (χ2v) is 8.82. The van der Waals surface area contributed by atoms with Crippen LogP contribution < -0.4 is 9.38 Å². The van der Waals surface area contributed by atoms with Crippen molar-refractivity contribution in [2.24, 2.45) is 0 Å². The maximum atomic E-state index is 15.6. The quantitative estimate of drug-likeness (QED) is 0.398. The van der Waals surface area contributed by atoms with Crippen molar-refractivity contribution in [1.82, 2.24) is 0 Å². The molecule has 3 aromatic carbocycles. The highest BCUT2D eigenvalue weighted by Gasteiger charge is 2.54. The summed E-state index contributed by atoms with van der Waals surface area (Å²) >= 11 is 0. The Morgan fingerprint density at radius 1 is 0.882 bits per heavy atom. The largest absolute Gasteiger partial charge is 0.834 e. The summed E-state index contributed by atoms with van der Waals surface area (Å²) in [6.07, 6.45) is 0. The van der Waals surface area contributed by atoms with E-state index in [1.807, 2.05) is 24.3 Å². The fourth-order valence-electron chi connectivity index (χ4n) is 5.53. The van der Waals surface area contributed by atoms with Gasteiger partial charge >= 0.3 is 7.04 Å². The number of hydrogen-bond acceptors (Lipinski definition) is 4. The van der Waals surface area contributed by atoms with Crippen molar-refractivity contribution in [2.45, 2.75) is 0 Å². The zero-order chi connectivity index (χ0) is 23.0. The van der Waals surface area contributed by atoms with E-state index < -0.39 is 7.04 Å². The summed E-state index contributed by atoms with van der Waals surface area (Å²) in [5.41, 5.74) is 2.68. The molecule has 1 aromatic heterocycles. The highest BCUT2D eigenvalue weighted by molar-refractivity contribution is 6.54. The second-order valence-electron chi connectivity index (χ2n) is 8.82. The van der Waals surface area contributed by atoms with Crippen LogP contribution in [0.2, 0.25) is 0 Å². The lowest BCUT2D eigenvalue weighted by Gasteiger charge is -2.35. The molecule has 168 valence electrons. The maximum Gasteiger partial charge on any atom is 0.834 e. The monoisotopic (exact) mass is 456 g/mol. The number of aromatic nitrogens is 1. The first kappa shape index (κ1) is 19.7. The van der Waals surface area contributed by atoms with Crippen LogP contribution in [0.25, 0.3) is 33.0 Å². The standard InChI is InChI=1S/C26H19BF2N2O3/c28-27(29)31-20-7-2-1-4-16(20)8-10-22(31)24-25(32)18-9-11-21(30-12-14-33-15-13-30)17-5-3-6-19(23(17)18)26(24)34-27/h1-11H,12-15H2. The SMILES string of the molecule is O=C1C2=C(O[B-](F)(F)[n+]3c2ccc2ccccc23)c2cccc3c(N4CCOCC4)ccc1c23. The van der Waals surface area contributed by atoms with Gasteiger partial charge in [0.2, 0.25) is 5.78 Å². The molecule has 3 heterocycles. The Morgan fingerprint density at radius 2 is 1.71 bits per heavy atom. The predicted molar refractivity (Wildman–Crippen MR) is 127 cm³/mol. The van der Waals surface area contributed by atoms with E-state index in [-0.39, 0.29) is 22.8 Å². The van der Waals surface area contributed by atoms with E-state index in [1.54, 1.807) is 42.5 Å². The number of rotatable bonds is 1. The van der Waals surface area contributed by atoms with E-state index in [9.17, 15) is 4.79 Å². The number of carbonyl (C=O) groups is 1. The van der Waals surface area contributed by atoms with Crippen molar-refractivity contribution in [2.75, 3.05) is 31.2 Å². The Kier molecular flexibility index (Phi) is 3.97. The molecule has 0 saturated carbocycles. The van der Waals surface area contributed by atoms with E-state index in [2.05, 4.69) is 4.90 Å².